The van der Waals surface area contributed by atoms with Gasteiger partial charge >= 0.3 is 0 Å². The number of nitrogens with two attached hydrogens (primary N) is 1. The summed E-state index contributed by atoms with van der Waals surface area (Å²) in [5.41, 5.74) is 6.65. The van der Waals surface area contributed by atoms with Gasteiger partial charge in [0.25, 0.3) is 0 Å². The van der Waals surface area contributed by atoms with Gasteiger partial charge < -0.3 is 5.73 Å². The zero-order valence-electron chi connectivity index (χ0n) is 10.4. The Hall–Kier alpha value is -1.00. The molecule has 0 amide bonds. The van der Waals surface area contributed by atoms with Crippen molar-refractivity contribution in [1.82, 2.24) is 9.88 Å². The molecule has 2 heterocycles. The average Bonchev–Trinajstić information content (AvgIpc) is 2.71. The van der Waals surface area contributed by atoms with Crippen molar-refractivity contribution in [3.8, 4) is 0 Å². The van der Waals surface area contributed by atoms with Crippen molar-refractivity contribution in [2.75, 3.05) is 13.1 Å². The van der Waals surface area contributed by atoms with E-state index in [9.17, 15) is 4.39 Å². The average molecular weight is 237 g/mol. The number of hydrogen-bond acceptors (Lipinski definition) is 3. The van der Waals surface area contributed by atoms with Crippen molar-refractivity contribution in [3.63, 3.8) is 0 Å². The van der Waals surface area contributed by atoms with Crippen molar-refractivity contribution in [1.29, 1.82) is 0 Å². The fraction of sp³-hybridized carbons (Fsp3) is 0.615. The third-order valence-corrected chi connectivity index (χ3v) is 3.72. The first-order valence-corrected chi connectivity index (χ1v) is 6.19. The molecule has 1 saturated heterocycles. The maximum atomic E-state index is 12.8. The zero-order valence-corrected chi connectivity index (χ0v) is 10.4. The van der Waals surface area contributed by atoms with Crippen LogP contribution in [0.4, 0.5) is 4.39 Å². The number of rotatable bonds is 3. The van der Waals surface area contributed by atoms with E-state index in [-0.39, 0.29) is 11.9 Å². The summed E-state index contributed by atoms with van der Waals surface area (Å²) in [6, 6.07) is 3.98. The van der Waals surface area contributed by atoms with E-state index in [4.69, 9.17) is 5.73 Å². The second kappa shape index (κ2) is 5.10. The molecule has 2 rings (SSSR count). The highest BCUT2D eigenvalue weighted by atomic mass is 19.1. The molecule has 0 spiro atoms. The van der Waals surface area contributed by atoms with Gasteiger partial charge in [0.1, 0.15) is 5.82 Å². The van der Waals surface area contributed by atoms with Crippen molar-refractivity contribution in [2.24, 2.45) is 11.7 Å². The minimum absolute atomic E-state index is 0.224. The Morgan fingerprint density at radius 1 is 1.59 bits per heavy atom. The number of hydrogen-bond donors (Lipinski definition) is 1. The normalized spacial score (nSPS) is 27.3. The van der Waals surface area contributed by atoms with Gasteiger partial charge in [0.15, 0.2) is 0 Å². The molecule has 1 fully saturated rings. The van der Waals surface area contributed by atoms with Gasteiger partial charge in [-0.05, 0) is 44.9 Å². The molecule has 0 aromatic carbocycles. The lowest BCUT2D eigenvalue weighted by Crippen LogP contribution is -2.31. The van der Waals surface area contributed by atoms with Gasteiger partial charge in [0, 0.05) is 18.6 Å². The van der Waals surface area contributed by atoms with Crippen LogP contribution in [0.5, 0.6) is 0 Å². The Balaban J connectivity index is 2.09. The van der Waals surface area contributed by atoms with E-state index in [0.29, 0.717) is 12.0 Å². The molecule has 3 unspecified atom stereocenters. The van der Waals surface area contributed by atoms with Crippen LogP contribution in [0.15, 0.2) is 18.3 Å². The standard InChI is InChI=1S/C13H20FN3/c1-9-5-11(6-15)8-17(9)10(2)13-4-3-12(14)7-16-13/h3-4,7,9-11H,5-6,8,15H2,1-2H3. The molecular formula is C13H20FN3. The van der Waals surface area contributed by atoms with E-state index in [1.54, 1.807) is 6.07 Å². The van der Waals surface area contributed by atoms with Crippen LogP contribution in [0.2, 0.25) is 0 Å². The lowest BCUT2D eigenvalue weighted by molar-refractivity contribution is 0.197. The summed E-state index contributed by atoms with van der Waals surface area (Å²) in [5, 5.41) is 0. The van der Waals surface area contributed by atoms with Crippen molar-refractivity contribution in [2.45, 2.75) is 32.4 Å². The number of pyridine rings is 1. The number of nitrogens with zero attached hydrogens (tertiary/aromatic N) is 2. The molecule has 1 aliphatic rings. The Kier molecular flexibility index (Phi) is 3.74. The summed E-state index contributed by atoms with van der Waals surface area (Å²) in [5.74, 6) is 0.295. The predicted octanol–water partition coefficient (Wildman–Crippen LogP) is 1.95. The Bertz CT molecular complexity index is 365. The molecule has 4 heteroatoms. The predicted molar refractivity (Wildman–Crippen MR) is 65.9 cm³/mol. The van der Waals surface area contributed by atoms with E-state index in [1.807, 2.05) is 0 Å². The third kappa shape index (κ3) is 2.64. The summed E-state index contributed by atoms with van der Waals surface area (Å²) in [7, 11) is 0. The fourth-order valence-corrected chi connectivity index (χ4v) is 2.69. The summed E-state index contributed by atoms with van der Waals surface area (Å²) < 4.78 is 12.8. The molecule has 0 bridgehead atoms. The maximum absolute atomic E-state index is 12.8. The Labute approximate surface area is 102 Å². The highest BCUT2D eigenvalue weighted by Crippen LogP contribution is 2.30. The summed E-state index contributed by atoms with van der Waals surface area (Å²) in [4.78, 5) is 6.56. The maximum Gasteiger partial charge on any atom is 0.141 e. The second-order valence-electron chi connectivity index (χ2n) is 4.96. The molecule has 3 nitrogen and oxygen atoms in total. The van der Waals surface area contributed by atoms with Gasteiger partial charge in [0.05, 0.1) is 11.9 Å². The Morgan fingerprint density at radius 3 is 2.88 bits per heavy atom. The van der Waals surface area contributed by atoms with Gasteiger partial charge in [-0.1, -0.05) is 0 Å². The first-order valence-electron chi connectivity index (χ1n) is 6.19. The quantitative estimate of drug-likeness (QED) is 0.873. The largest absolute Gasteiger partial charge is 0.330 e. The molecule has 0 aliphatic carbocycles. The zero-order chi connectivity index (χ0) is 12.4. The van der Waals surface area contributed by atoms with Crippen LogP contribution < -0.4 is 5.73 Å². The van der Waals surface area contributed by atoms with Crippen LogP contribution in [0, 0.1) is 11.7 Å². The van der Waals surface area contributed by atoms with Crippen LogP contribution in [0.3, 0.4) is 0 Å². The third-order valence-electron chi connectivity index (χ3n) is 3.72. The topological polar surface area (TPSA) is 42.1 Å². The molecule has 0 radical (unpaired) electrons. The molecule has 1 aromatic rings. The molecule has 1 aliphatic heterocycles. The van der Waals surface area contributed by atoms with Gasteiger partial charge in [-0.3, -0.25) is 9.88 Å². The summed E-state index contributed by atoms with van der Waals surface area (Å²) >= 11 is 0. The van der Waals surface area contributed by atoms with Gasteiger partial charge in [0.2, 0.25) is 0 Å². The van der Waals surface area contributed by atoms with E-state index < -0.39 is 0 Å². The van der Waals surface area contributed by atoms with E-state index in [0.717, 1.165) is 25.2 Å². The number of aromatic nitrogens is 1. The molecule has 94 valence electrons. The lowest BCUT2D eigenvalue weighted by Gasteiger charge is -2.28. The van der Waals surface area contributed by atoms with E-state index in [1.165, 1.54) is 12.3 Å². The lowest BCUT2D eigenvalue weighted by atomic mass is 10.1. The first-order chi connectivity index (χ1) is 8.11. The smallest absolute Gasteiger partial charge is 0.141 e. The molecule has 2 N–H and O–H groups in total. The van der Waals surface area contributed by atoms with Crippen LogP contribution in [0.25, 0.3) is 0 Å². The SMILES string of the molecule is CC1CC(CN)CN1C(C)c1ccc(F)cn1. The fourth-order valence-electron chi connectivity index (χ4n) is 2.69. The molecule has 3 atom stereocenters. The van der Waals surface area contributed by atoms with Crippen molar-refractivity contribution < 1.29 is 4.39 Å². The molecule has 17 heavy (non-hydrogen) atoms. The number of likely N-dealkylation sites (tertiary alicyclic amines) is 1. The van der Waals surface area contributed by atoms with Crippen LogP contribution >= 0.6 is 0 Å². The van der Waals surface area contributed by atoms with Crippen molar-refractivity contribution in [3.05, 3.63) is 29.8 Å². The minimum atomic E-state index is -0.282. The summed E-state index contributed by atoms with van der Waals surface area (Å²) in [6.45, 7) is 6.09. The van der Waals surface area contributed by atoms with E-state index in [2.05, 4.69) is 23.7 Å². The van der Waals surface area contributed by atoms with Crippen molar-refractivity contribution >= 4 is 0 Å². The Morgan fingerprint density at radius 2 is 2.35 bits per heavy atom. The van der Waals surface area contributed by atoms with Crippen LogP contribution in [0.1, 0.15) is 32.0 Å². The van der Waals surface area contributed by atoms with Crippen LogP contribution in [-0.2, 0) is 0 Å². The number of halogens is 1. The van der Waals surface area contributed by atoms with Crippen LogP contribution in [-0.4, -0.2) is 29.0 Å². The summed E-state index contributed by atoms with van der Waals surface area (Å²) in [6.07, 6.45) is 2.43. The highest BCUT2D eigenvalue weighted by Gasteiger charge is 2.32. The van der Waals surface area contributed by atoms with Gasteiger partial charge in [-0.25, -0.2) is 4.39 Å². The monoisotopic (exact) mass is 237 g/mol. The first kappa shape index (κ1) is 12.5. The second-order valence-corrected chi connectivity index (χ2v) is 4.96. The van der Waals surface area contributed by atoms with Gasteiger partial charge in [-0.15, -0.1) is 0 Å². The van der Waals surface area contributed by atoms with E-state index >= 15 is 0 Å². The van der Waals surface area contributed by atoms with Gasteiger partial charge in [-0.2, -0.15) is 0 Å². The molecule has 1 aromatic heterocycles. The highest BCUT2D eigenvalue weighted by molar-refractivity contribution is 5.10. The minimum Gasteiger partial charge on any atom is -0.330 e. The molecule has 0 saturated carbocycles. The molecular weight excluding hydrogens is 217 g/mol.